The maximum Gasteiger partial charge on any atom is 0.323 e. The summed E-state index contributed by atoms with van der Waals surface area (Å²) in [6.45, 7) is 1.18. The molecule has 2 unspecified atom stereocenters. The van der Waals surface area contributed by atoms with Gasteiger partial charge >= 0.3 is 5.97 Å². The minimum Gasteiger partial charge on any atom is -0.495 e. The fraction of sp³-hybridized carbons (Fsp3) is 0.270. The molecule has 1 amide bonds. The smallest absolute Gasteiger partial charge is 0.323 e. The Balaban J connectivity index is 1.22. The first-order valence-electron chi connectivity index (χ1n) is 16.1. The predicted octanol–water partition coefficient (Wildman–Crippen LogP) is 6.29. The van der Waals surface area contributed by atoms with Gasteiger partial charge < -0.3 is 25.6 Å². The Labute approximate surface area is 304 Å². The molecule has 0 aliphatic carbocycles. The number of aliphatic carboxylic acids is 1. The van der Waals surface area contributed by atoms with Crippen LogP contribution in [0.4, 0.5) is 0 Å². The molecule has 10 nitrogen and oxygen atoms in total. The zero-order chi connectivity index (χ0) is 35.4. The normalized spacial score (nSPS) is 15.0. The van der Waals surface area contributed by atoms with E-state index < -0.39 is 18.6 Å². The van der Waals surface area contributed by atoms with E-state index in [0.29, 0.717) is 39.9 Å². The number of fused-ring (bicyclic) bond motifs is 1. The van der Waals surface area contributed by atoms with Gasteiger partial charge in [-0.15, -0.1) is 0 Å². The molecular weight excluding hydrogens is 701 g/mol. The number of halogens is 3. The number of aliphatic hydroxyl groups excluding tert-OH is 1. The lowest BCUT2D eigenvalue weighted by Crippen LogP contribution is -2.39. The summed E-state index contributed by atoms with van der Waals surface area (Å²) in [6, 6.07) is 20.9. The van der Waals surface area contributed by atoms with Crippen molar-refractivity contribution in [2.24, 2.45) is 0 Å². The van der Waals surface area contributed by atoms with E-state index in [4.69, 9.17) is 39.5 Å². The van der Waals surface area contributed by atoms with Gasteiger partial charge in [0, 0.05) is 64.8 Å². The highest BCUT2D eigenvalue weighted by atomic mass is 35.5. The summed E-state index contributed by atoms with van der Waals surface area (Å²) >= 11 is 20.6. The van der Waals surface area contributed by atoms with Crippen molar-refractivity contribution in [3.63, 3.8) is 0 Å². The lowest BCUT2D eigenvalue weighted by molar-refractivity contribution is -0.140. The van der Waals surface area contributed by atoms with Gasteiger partial charge in [-0.2, -0.15) is 5.10 Å². The van der Waals surface area contributed by atoms with Crippen molar-refractivity contribution in [2.75, 3.05) is 20.3 Å². The number of rotatable bonds is 14. The minimum absolute atomic E-state index is 0.0675. The van der Waals surface area contributed by atoms with E-state index in [1.54, 1.807) is 16.9 Å². The van der Waals surface area contributed by atoms with E-state index in [1.807, 2.05) is 36.4 Å². The summed E-state index contributed by atoms with van der Waals surface area (Å²) in [7, 11) is 1.48. The maximum atomic E-state index is 11.5. The fourth-order valence-electron chi connectivity index (χ4n) is 6.25. The molecule has 1 aliphatic heterocycles. The molecule has 13 heteroatoms. The number of carboxylic acids is 1. The van der Waals surface area contributed by atoms with Crippen molar-refractivity contribution >= 4 is 57.6 Å². The molecule has 6 rings (SSSR count). The van der Waals surface area contributed by atoms with Gasteiger partial charge in [0.1, 0.15) is 11.8 Å². The van der Waals surface area contributed by atoms with E-state index in [0.717, 1.165) is 51.7 Å². The summed E-state index contributed by atoms with van der Waals surface area (Å²) in [5, 5.41) is 34.7. The molecule has 2 atom stereocenters. The van der Waals surface area contributed by atoms with Gasteiger partial charge in [-0.05, 0) is 35.2 Å². The number of amides is 1. The molecule has 1 aliphatic rings. The SMILES string of the molecule is COc1c(CNC(CO)C(=O)O)cc(Cl)c(Cn2ncc3c(-c4cccc(-c5ccc(CNCC6CCC(=O)N6)cc5)c4Cl)cccc32)c1Cl. The Morgan fingerprint density at radius 2 is 1.78 bits per heavy atom. The van der Waals surface area contributed by atoms with Crippen LogP contribution in [0.25, 0.3) is 33.2 Å². The number of hydrogen-bond acceptors (Lipinski definition) is 7. The van der Waals surface area contributed by atoms with Crippen molar-refractivity contribution in [1.82, 2.24) is 25.7 Å². The van der Waals surface area contributed by atoms with Crippen LogP contribution in [0.3, 0.4) is 0 Å². The average Bonchev–Trinajstić information content (AvgIpc) is 3.72. The third kappa shape index (κ3) is 7.61. The van der Waals surface area contributed by atoms with Crippen LogP contribution in [0, 0.1) is 0 Å². The maximum absolute atomic E-state index is 11.5. The Morgan fingerprint density at radius 1 is 1.04 bits per heavy atom. The Kier molecular flexibility index (Phi) is 11.3. The second kappa shape index (κ2) is 15.8. The highest BCUT2D eigenvalue weighted by Gasteiger charge is 2.22. The number of carboxylic acid groups (broad SMARTS) is 1. The van der Waals surface area contributed by atoms with Crippen LogP contribution < -0.4 is 20.7 Å². The number of methoxy groups -OCH3 is 1. The molecule has 1 aromatic heterocycles. The number of aliphatic hydroxyl groups is 1. The number of hydrogen-bond donors (Lipinski definition) is 5. The van der Waals surface area contributed by atoms with Gasteiger partial charge in [0.15, 0.2) is 0 Å². The van der Waals surface area contributed by atoms with Gasteiger partial charge in [-0.3, -0.25) is 19.6 Å². The fourth-order valence-corrected chi connectivity index (χ4v) is 7.28. The summed E-state index contributed by atoms with van der Waals surface area (Å²) in [4.78, 5) is 22.8. The van der Waals surface area contributed by atoms with Crippen molar-refractivity contribution in [3.05, 3.63) is 105 Å². The van der Waals surface area contributed by atoms with E-state index >= 15 is 0 Å². The lowest BCUT2D eigenvalue weighted by Gasteiger charge is -2.18. The van der Waals surface area contributed by atoms with Crippen LogP contribution in [0.5, 0.6) is 5.75 Å². The molecule has 1 saturated heterocycles. The van der Waals surface area contributed by atoms with E-state index in [1.165, 1.54) is 7.11 Å². The third-order valence-corrected chi connectivity index (χ3v) is 10.1. The molecule has 0 radical (unpaired) electrons. The first-order chi connectivity index (χ1) is 24.2. The van der Waals surface area contributed by atoms with Gasteiger partial charge in [-0.1, -0.05) is 89.4 Å². The largest absolute Gasteiger partial charge is 0.495 e. The van der Waals surface area contributed by atoms with Crippen molar-refractivity contribution < 1.29 is 24.5 Å². The van der Waals surface area contributed by atoms with Crippen LogP contribution in [0.15, 0.2) is 72.9 Å². The highest BCUT2D eigenvalue weighted by Crippen LogP contribution is 2.41. The Bertz CT molecular complexity index is 2030. The molecular formula is C37H36Cl3N5O5. The summed E-state index contributed by atoms with van der Waals surface area (Å²) < 4.78 is 7.39. The number of benzene rings is 4. The molecule has 2 heterocycles. The number of carbonyl (C=O) groups excluding carboxylic acids is 1. The molecule has 0 saturated carbocycles. The van der Waals surface area contributed by atoms with Gasteiger partial charge in [-0.25, -0.2) is 0 Å². The van der Waals surface area contributed by atoms with E-state index in [-0.39, 0.29) is 30.1 Å². The van der Waals surface area contributed by atoms with E-state index in [9.17, 15) is 19.8 Å². The lowest BCUT2D eigenvalue weighted by atomic mass is 9.96. The highest BCUT2D eigenvalue weighted by molar-refractivity contribution is 6.37. The third-order valence-electron chi connectivity index (χ3n) is 8.92. The number of carbonyl (C=O) groups is 2. The van der Waals surface area contributed by atoms with Gasteiger partial charge in [0.2, 0.25) is 5.91 Å². The average molecular weight is 737 g/mol. The molecule has 5 N–H and O–H groups in total. The molecule has 0 bridgehead atoms. The quantitative estimate of drug-likeness (QED) is 0.0898. The zero-order valence-corrected chi connectivity index (χ0v) is 29.4. The standard InChI is InChI=1S/C37H36Cl3N5O5/c1-50-36-23(16-42-31(20-46)37(48)49)14-30(38)29(35(36)40)19-45-32-7-3-5-26(28(32)18-43-45)27-6-2-4-25(34(27)39)22-10-8-21(9-11-22)15-41-17-24-12-13-33(47)44-24/h2-11,14,18,24,31,41-42,46H,12-13,15-17,19-20H2,1H3,(H,44,47)(H,48,49). The molecule has 50 heavy (non-hydrogen) atoms. The minimum atomic E-state index is -1.18. The second-order valence-electron chi connectivity index (χ2n) is 12.1. The first kappa shape index (κ1) is 35.7. The number of ether oxygens (including phenoxy) is 1. The zero-order valence-electron chi connectivity index (χ0n) is 27.2. The van der Waals surface area contributed by atoms with Gasteiger partial charge in [0.05, 0.1) is 42.0 Å². The predicted molar refractivity (Wildman–Crippen MR) is 196 cm³/mol. The Hall–Kier alpha value is -4.16. The summed E-state index contributed by atoms with van der Waals surface area (Å²) in [5.74, 6) is -0.706. The number of nitrogens with one attached hydrogen (secondary N) is 3. The topological polar surface area (TPSA) is 138 Å². The second-order valence-corrected chi connectivity index (χ2v) is 13.3. The molecule has 4 aromatic carbocycles. The number of nitrogens with zero attached hydrogens (tertiary/aromatic N) is 2. The molecule has 0 spiro atoms. The van der Waals surface area contributed by atoms with Crippen LogP contribution >= 0.6 is 34.8 Å². The van der Waals surface area contributed by atoms with Crippen molar-refractivity contribution in [3.8, 4) is 28.0 Å². The summed E-state index contributed by atoms with van der Waals surface area (Å²) in [5.41, 5.74) is 6.83. The number of aromatic nitrogens is 2. The molecule has 1 fully saturated rings. The van der Waals surface area contributed by atoms with Crippen molar-refractivity contribution in [2.45, 2.75) is 44.6 Å². The van der Waals surface area contributed by atoms with E-state index in [2.05, 4.69) is 45.3 Å². The summed E-state index contributed by atoms with van der Waals surface area (Å²) in [6.07, 6.45) is 3.26. The first-order valence-corrected chi connectivity index (χ1v) is 17.3. The Morgan fingerprint density at radius 3 is 2.48 bits per heavy atom. The van der Waals surface area contributed by atoms with Crippen LogP contribution in [-0.2, 0) is 29.2 Å². The van der Waals surface area contributed by atoms with Crippen molar-refractivity contribution in [1.29, 1.82) is 0 Å². The van der Waals surface area contributed by atoms with Crippen LogP contribution in [-0.4, -0.2) is 64.2 Å². The molecule has 260 valence electrons. The monoisotopic (exact) mass is 735 g/mol. The van der Waals surface area contributed by atoms with Crippen LogP contribution in [0.1, 0.15) is 29.5 Å². The van der Waals surface area contributed by atoms with Crippen LogP contribution in [0.2, 0.25) is 15.1 Å². The molecule has 5 aromatic rings. The van der Waals surface area contributed by atoms with Gasteiger partial charge in [0.25, 0.3) is 0 Å².